The van der Waals surface area contributed by atoms with Crippen LogP contribution in [0.4, 0.5) is 5.82 Å². The van der Waals surface area contributed by atoms with Gasteiger partial charge in [0.2, 0.25) is 0 Å². The van der Waals surface area contributed by atoms with Crippen molar-refractivity contribution in [3.8, 4) is 0 Å². The zero-order valence-corrected chi connectivity index (χ0v) is 12.3. The van der Waals surface area contributed by atoms with Crippen LogP contribution >= 0.6 is 0 Å². The van der Waals surface area contributed by atoms with Crippen LogP contribution in [0.3, 0.4) is 0 Å². The third-order valence-corrected chi connectivity index (χ3v) is 4.65. The molecule has 4 heteroatoms. The molecule has 3 rings (SSSR count). The fourth-order valence-electron chi connectivity index (χ4n) is 3.45. The number of carbonyl (C=O) groups excluding carboxylic acids is 1. The number of piperidine rings is 1. The summed E-state index contributed by atoms with van der Waals surface area (Å²) >= 11 is 0. The molecule has 20 heavy (non-hydrogen) atoms. The highest BCUT2D eigenvalue weighted by Gasteiger charge is 2.26. The lowest BCUT2D eigenvalue weighted by atomic mass is 9.94. The fourth-order valence-corrected chi connectivity index (χ4v) is 3.45. The van der Waals surface area contributed by atoms with E-state index in [0.29, 0.717) is 5.78 Å². The topological polar surface area (TPSA) is 46.1 Å². The third kappa shape index (κ3) is 2.69. The van der Waals surface area contributed by atoms with Crippen molar-refractivity contribution in [2.24, 2.45) is 5.92 Å². The van der Waals surface area contributed by atoms with Gasteiger partial charge in [0.25, 0.3) is 0 Å². The average Bonchev–Trinajstić information content (AvgIpc) is 2.72. The van der Waals surface area contributed by atoms with E-state index in [4.69, 9.17) is 0 Å². The SMILES string of the molecule is CC(=O)C1CCCN(c2ncnc3c2CCCCC3)C1. The van der Waals surface area contributed by atoms with Gasteiger partial charge in [-0.15, -0.1) is 0 Å². The maximum absolute atomic E-state index is 11.7. The molecule has 0 spiro atoms. The van der Waals surface area contributed by atoms with E-state index in [-0.39, 0.29) is 5.92 Å². The van der Waals surface area contributed by atoms with E-state index in [9.17, 15) is 4.79 Å². The monoisotopic (exact) mass is 273 g/mol. The van der Waals surface area contributed by atoms with Crippen molar-refractivity contribution in [2.75, 3.05) is 18.0 Å². The molecule has 1 fully saturated rings. The van der Waals surface area contributed by atoms with Crippen LogP contribution in [0.1, 0.15) is 50.3 Å². The molecule has 1 unspecified atom stereocenters. The van der Waals surface area contributed by atoms with Gasteiger partial charge in [-0.25, -0.2) is 9.97 Å². The van der Waals surface area contributed by atoms with Gasteiger partial charge in [0.05, 0.1) is 0 Å². The average molecular weight is 273 g/mol. The number of ketones is 1. The molecule has 0 N–H and O–H groups in total. The quantitative estimate of drug-likeness (QED) is 0.777. The van der Waals surface area contributed by atoms with Crippen molar-refractivity contribution in [3.05, 3.63) is 17.6 Å². The predicted octanol–water partition coefficient (Wildman–Crippen LogP) is 2.55. The van der Waals surface area contributed by atoms with Crippen molar-refractivity contribution in [1.29, 1.82) is 0 Å². The predicted molar refractivity (Wildman–Crippen MR) is 78.9 cm³/mol. The van der Waals surface area contributed by atoms with Gasteiger partial charge in [-0.1, -0.05) is 6.42 Å². The van der Waals surface area contributed by atoms with E-state index in [0.717, 1.165) is 44.6 Å². The summed E-state index contributed by atoms with van der Waals surface area (Å²) in [6.07, 6.45) is 9.74. The molecule has 0 radical (unpaired) electrons. The van der Waals surface area contributed by atoms with Crippen molar-refractivity contribution >= 4 is 11.6 Å². The van der Waals surface area contributed by atoms with Crippen molar-refractivity contribution in [2.45, 2.75) is 51.9 Å². The number of rotatable bonds is 2. The number of aromatic nitrogens is 2. The highest BCUT2D eigenvalue weighted by Crippen LogP contribution is 2.29. The van der Waals surface area contributed by atoms with Crippen molar-refractivity contribution in [3.63, 3.8) is 0 Å². The van der Waals surface area contributed by atoms with E-state index in [1.165, 1.54) is 30.5 Å². The largest absolute Gasteiger partial charge is 0.356 e. The first-order valence-electron chi connectivity index (χ1n) is 7.84. The zero-order valence-electron chi connectivity index (χ0n) is 12.3. The lowest BCUT2D eigenvalue weighted by Crippen LogP contribution is -2.39. The molecule has 1 aromatic rings. The highest BCUT2D eigenvalue weighted by molar-refractivity contribution is 5.79. The number of anilines is 1. The number of hydrogen-bond acceptors (Lipinski definition) is 4. The molecule has 0 amide bonds. The molecule has 2 heterocycles. The first-order chi connectivity index (χ1) is 9.75. The molecule has 1 aliphatic heterocycles. The van der Waals surface area contributed by atoms with Gasteiger partial charge in [0.15, 0.2) is 0 Å². The van der Waals surface area contributed by atoms with Crippen LogP contribution in [0.5, 0.6) is 0 Å². The molecule has 1 aromatic heterocycles. The molecule has 1 saturated heterocycles. The van der Waals surface area contributed by atoms with Gasteiger partial charge in [0.1, 0.15) is 17.9 Å². The third-order valence-electron chi connectivity index (χ3n) is 4.65. The molecule has 2 aliphatic rings. The maximum Gasteiger partial charge on any atom is 0.135 e. The van der Waals surface area contributed by atoms with Crippen LogP contribution in [0.25, 0.3) is 0 Å². The Morgan fingerprint density at radius 1 is 1.20 bits per heavy atom. The summed E-state index contributed by atoms with van der Waals surface area (Å²) in [5.74, 6) is 1.60. The molecule has 4 nitrogen and oxygen atoms in total. The van der Waals surface area contributed by atoms with Gasteiger partial charge in [-0.05, 0) is 45.4 Å². The van der Waals surface area contributed by atoms with Crippen LogP contribution in [0.15, 0.2) is 6.33 Å². The van der Waals surface area contributed by atoms with Crippen LogP contribution < -0.4 is 4.90 Å². The second-order valence-electron chi connectivity index (χ2n) is 6.08. The Labute approximate surface area is 120 Å². The number of aryl methyl sites for hydroxylation is 1. The lowest BCUT2D eigenvalue weighted by molar-refractivity contribution is -0.120. The van der Waals surface area contributed by atoms with E-state index in [2.05, 4.69) is 14.9 Å². The Bertz CT molecular complexity index is 500. The Hall–Kier alpha value is -1.45. The van der Waals surface area contributed by atoms with Crippen LogP contribution in [0, 0.1) is 5.92 Å². The fraction of sp³-hybridized carbons (Fsp3) is 0.688. The summed E-state index contributed by atoms with van der Waals surface area (Å²) in [5, 5.41) is 0. The number of Topliss-reactive ketones (excluding diaryl/α,β-unsaturated/α-hetero) is 1. The molecule has 108 valence electrons. The minimum atomic E-state index is 0.181. The van der Waals surface area contributed by atoms with Gasteiger partial charge >= 0.3 is 0 Å². The molecule has 0 saturated carbocycles. The number of fused-ring (bicyclic) bond motifs is 1. The molecular weight excluding hydrogens is 250 g/mol. The number of hydrogen-bond donors (Lipinski definition) is 0. The second-order valence-corrected chi connectivity index (χ2v) is 6.08. The standard InChI is InChI=1S/C16H23N3O/c1-12(20)13-6-5-9-19(10-13)16-14-7-3-2-4-8-15(14)17-11-18-16/h11,13H,2-10H2,1H3. The Morgan fingerprint density at radius 3 is 2.90 bits per heavy atom. The van der Waals surface area contributed by atoms with Crippen LogP contribution in [-0.2, 0) is 17.6 Å². The zero-order chi connectivity index (χ0) is 13.9. The van der Waals surface area contributed by atoms with Crippen molar-refractivity contribution < 1.29 is 4.79 Å². The molecule has 0 aromatic carbocycles. The molecule has 1 aliphatic carbocycles. The van der Waals surface area contributed by atoms with E-state index >= 15 is 0 Å². The normalized spacial score (nSPS) is 23.1. The Kier molecular flexibility index (Phi) is 3.99. The Balaban J connectivity index is 1.88. The Morgan fingerprint density at radius 2 is 2.05 bits per heavy atom. The maximum atomic E-state index is 11.7. The second kappa shape index (κ2) is 5.90. The minimum absolute atomic E-state index is 0.181. The summed E-state index contributed by atoms with van der Waals surface area (Å²) in [7, 11) is 0. The summed E-state index contributed by atoms with van der Waals surface area (Å²) in [5.41, 5.74) is 2.58. The molecular formula is C16H23N3O. The first-order valence-corrected chi connectivity index (χ1v) is 7.84. The summed E-state index contributed by atoms with van der Waals surface area (Å²) in [6, 6.07) is 0. The highest BCUT2D eigenvalue weighted by atomic mass is 16.1. The van der Waals surface area contributed by atoms with E-state index in [1.54, 1.807) is 13.3 Å². The number of nitrogens with zero attached hydrogens (tertiary/aromatic N) is 3. The smallest absolute Gasteiger partial charge is 0.135 e. The van der Waals surface area contributed by atoms with Gasteiger partial charge in [0, 0.05) is 30.3 Å². The van der Waals surface area contributed by atoms with E-state index < -0.39 is 0 Å². The van der Waals surface area contributed by atoms with Gasteiger partial charge in [-0.3, -0.25) is 4.79 Å². The summed E-state index contributed by atoms with van der Waals surface area (Å²) in [6.45, 7) is 3.57. The lowest BCUT2D eigenvalue weighted by Gasteiger charge is -2.33. The number of carbonyl (C=O) groups is 1. The van der Waals surface area contributed by atoms with Crippen LogP contribution in [0.2, 0.25) is 0 Å². The van der Waals surface area contributed by atoms with Crippen molar-refractivity contribution in [1.82, 2.24) is 9.97 Å². The van der Waals surface area contributed by atoms with Gasteiger partial charge in [-0.2, -0.15) is 0 Å². The first kappa shape index (κ1) is 13.5. The minimum Gasteiger partial charge on any atom is -0.356 e. The molecule has 1 atom stereocenters. The van der Waals surface area contributed by atoms with Gasteiger partial charge < -0.3 is 4.90 Å². The summed E-state index contributed by atoms with van der Waals surface area (Å²) < 4.78 is 0. The summed E-state index contributed by atoms with van der Waals surface area (Å²) in [4.78, 5) is 23.0. The van der Waals surface area contributed by atoms with Crippen LogP contribution in [-0.4, -0.2) is 28.8 Å². The van der Waals surface area contributed by atoms with E-state index in [1.807, 2.05) is 0 Å². The molecule has 0 bridgehead atoms.